The summed E-state index contributed by atoms with van der Waals surface area (Å²) in [7, 11) is 1.97. The summed E-state index contributed by atoms with van der Waals surface area (Å²) in [6.45, 7) is 2.09. The highest BCUT2D eigenvalue weighted by atomic mass is 32.2. The van der Waals surface area contributed by atoms with E-state index in [1.54, 1.807) is 29.2 Å². The zero-order chi connectivity index (χ0) is 14.8. The third-order valence-electron chi connectivity index (χ3n) is 3.79. The number of halogens is 1. The molecule has 1 heterocycles. The molecular formula is C16H19FN2S2. The molecule has 5 heteroatoms. The number of rotatable bonds is 4. The van der Waals surface area contributed by atoms with Gasteiger partial charge < -0.3 is 5.32 Å². The van der Waals surface area contributed by atoms with Crippen molar-refractivity contribution in [2.75, 3.05) is 12.8 Å². The molecule has 3 rings (SSSR count). The number of nitrogens with zero attached hydrogens (tertiary/aromatic N) is 1. The van der Waals surface area contributed by atoms with Gasteiger partial charge in [-0.15, -0.1) is 23.1 Å². The van der Waals surface area contributed by atoms with Crippen LogP contribution < -0.4 is 5.32 Å². The van der Waals surface area contributed by atoms with Crippen LogP contribution in [0.15, 0.2) is 23.1 Å². The summed E-state index contributed by atoms with van der Waals surface area (Å²) in [6, 6.07) is 5.61. The molecule has 112 valence electrons. The maximum absolute atomic E-state index is 14.3. The summed E-state index contributed by atoms with van der Waals surface area (Å²) in [4.78, 5) is 7.08. The van der Waals surface area contributed by atoms with Crippen molar-refractivity contribution in [2.24, 2.45) is 0 Å². The molecule has 2 nitrogen and oxygen atoms in total. The van der Waals surface area contributed by atoms with E-state index in [-0.39, 0.29) is 5.82 Å². The molecule has 0 saturated carbocycles. The molecule has 0 amide bonds. The molecule has 1 aromatic heterocycles. The van der Waals surface area contributed by atoms with E-state index in [0.717, 1.165) is 34.2 Å². The predicted octanol–water partition coefficient (Wildman–Crippen LogP) is 4.66. The van der Waals surface area contributed by atoms with E-state index in [1.807, 2.05) is 13.1 Å². The summed E-state index contributed by atoms with van der Waals surface area (Å²) < 4.78 is 14.3. The van der Waals surface area contributed by atoms with Gasteiger partial charge in [-0.25, -0.2) is 9.37 Å². The van der Waals surface area contributed by atoms with E-state index in [0.29, 0.717) is 11.6 Å². The highest BCUT2D eigenvalue weighted by molar-refractivity contribution is 7.99. The first kappa shape index (κ1) is 15.0. The van der Waals surface area contributed by atoms with E-state index in [1.165, 1.54) is 17.4 Å². The molecule has 1 atom stereocenters. The second-order valence-corrected chi connectivity index (χ2v) is 7.50. The van der Waals surface area contributed by atoms with E-state index in [9.17, 15) is 4.39 Å². The van der Waals surface area contributed by atoms with Crippen LogP contribution in [0.1, 0.15) is 36.4 Å². The summed E-state index contributed by atoms with van der Waals surface area (Å²) in [5, 5.41) is 4.15. The summed E-state index contributed by atoms with van der Waals surface area (Å²) in [6.07, 6.45) is 3.35. The fourth-order valence-electron chi connectivity index (χ4n) is 2.79. The van der Waals surface area contributed by atoms with Gasteiger partial charge >= 0.3 is 0 Å². The summed E-state index contributed by atoms with van der Waals surface area (Å²) >= 11 is 3.33. The summed E-state index contributed by atoms with van der Waals surface area (Å²) in [5.41, 5.74) is 1.80. The molecule has 1 N–H and O–H groups in total. The number of thiazole rings is 1. The minimum Gasteiger partial charge on any atom is -0.312 e. The topological polar surface area (TPSA) is 24.9 Å². The Labute approximate surface area is 133 Å². The van der Waals surface area contributed by atoms with Gasteiger partial charge in [-0.2, -0.15) is 0 Å². The molecule has 1 unspecified atom stereocenters. The normalized spacial score (nSPS) is 17.8. The Bertz CT molecular complexity index is 639. The second-order valence-electron chi connectivity index (χ2n) is 5.11. The maximum Gasteiger partial charge on any atom is 0.134 e. The van der Waals surface area contributed by atoms with Crippen molar-refractivity contribution in [1.29, 1.82) is 0 Å². The Morgan fingerprint density at radius 1 is 1.48 bits per heavy atom. The van der Waals surface area contributed by atoms with Crippen molar-refractivity contribution >= 4 is 23.1 Å². The fraction of sp³-hybridized carbons (Fsp3) is 0.438. The van der Waals surface area contributed by atoms with Crippen LogP contribution in [-0.2, 0) is 6.42 Å². The third-order valence-corrected chi connectivity index (χ3v) is 5.88. The first-order valence-corrected chi connectivity index (χ1v) is 9.13. The van der Waals surface area contributed by atoms with Gasteiger partial charge in [0.2, 0.25) is 0 Å². The number of fused-ring (bicyclic) bond motifs is 1. The van der Waals surface area contributed by atoms with Gasteiger partial charge in [-0.05, 0) is 44.2 Å². The van der Waals surface area contributed by atoms with Gasteiger partial charge in [0, 0.05) is 9.77 Å². The van der Waals surface area contributed by atoms with Crippen LogP contribution in [0.2, 0.25) is 0 Å². The number of thioether (sulfide) groups is 1. The van der Waals surface area contributed by atoms with Gasteiger partial charge in [-0.1, -0.05) is 13.0 Å². The van der Waals surface area contributed by atoms with Crippen LogP contribution >= 0.6 is 23.1 Å². The molecule has 0 spiro atoms. The highest BCUT2D eigenvalue weighted by Crippen LogP contribution is 2.41. The van der Waals surface area contributed by atoms with Crippen molar-refractivity contribution in [1.82, 2.24) is 10.3 Å². The van der Waals surface area contributed by atoms with E-state index in [2.05, 4.69) is 12.2 Å². The lowest BCUT2D eigenvalue weighted by Crippen LogP contribution is -2.21. The SMILES string of the molecule is CCSc1cccc(F)c1-c1nc2c(s1)CCCC2NC. The molecular weight excluding hydrogens is 303 g/mol. The van der Waals surface area contributed by atoms with Crippen LogP contribution in [0.5, 0.6) is 0 Å². The number of benzene rings is 1. The molecule has 0 saturated heterocycles. The van der Waals surface area contributed by atoms with Crippen LogP contribution in [-0.4, -0.2) is 17.8 Å². The molecule has 2 aromatic rings. The number of aryl methyl sites for hydroxylation is 1. The highest BCUT2D eigenvalue weighted by Gasteiger charge is 2.25. The van der Waals surface area contributed by atoms with Crippen LogP contribution in [0, 0.1) is 5.82 Å². The lowest BCUT2D eigenvalue weighted by atomic mass is 9.98. The zero-order valence-corrected chi connectivity index (χ0v) is 13.9. The quantitative estimate of drug-likeness (QED) is 0.829. The molecule has 0 bridgehead atoms. The largest absolute Gasteiger partial charge is 0.312 e. The number of aromatic nitrogens is 1. The van der Waals surface area contributed by atoms with Crippen molar-refractivity contribution in [3.8, 4) is 10.6 Å². The van der Waals surface area contributed by atoms with Crippen molar-refractivity contribution < 1.29 is 4.39 Å². The van der Waals surface area contributed by atoms with Gasteiger partial charge in [0.1, 0.15) is 10.8 Å². The van der Waals surface area contributed by atoms with Gasteiger partial charge in [-0.3, -0.25) is 0 Å². The zero-order valence-electron chi connectivity index (χ0n) is 12.3. The number of hydrogen-bond acceptors (Lipinski definition) is 4. The van der Waals surface area contributed by atoms with E-state index < -0.39 is 0 Å². The molecule has 0 radical (unpaired) electrons. The van der Waals surface area contributed by atoms with Crippen molar-refractivity contribution in [2.45, 2.75) is 37.1 Å². The first-order chi connectivity index (χ1) is 10.2. The Morgan fingerprint density at radius 2 is 2.33 bits per heavy atom. The molecule has 0 aliphatic heterocycles. The smallest absolute Gasteiger partial charge is 0.134 e. The first-order valence-electron chi connectivity index (χ1n) is 7.33. The van der Waals surface area contributed by atoms with Crippen LogP contribution in [0.25, 0.3) is 10.6 Å². The molecule has 0 fully saturated rings. The Kier molecular flexibility index (Phi) is 4.62. The van der Waals surface area contributed by atoms with Crippen molar-refractivity contribution in [3.05, 3.63) is 34.6 Å². The Morgan fingerprint density at radius 3 is 3.10 bits per heavy atom. The molecule has 1 aromatic carbocycles. The fourth-order valence-corrected chi connectivity index (χ4v) is 4.91. The van der Waals surface area contributed by atoms with E-state index in [4.69, 9.17) is 4.98 Å². The Hall–Kier alpha value is -0.910. The minimum atomic E-state index is -0.166. The standard InChI is InChI=1S/C16H19FN2S2/c1-3-20-12-8-4-6-10(17)14(12)16-19-15-11(18-2)7-5-9-13(15)21-16/h4,6,8,11,18H,3,5,7,9H2,1-2H3. The van der Waals surface area contributed by atoms with Gasteiger partial charge in [0.25, 0.3) is 0 Å². The lowest BCUT2D eigenvalue weighted by Gasteiger charge is -2.19. The molecule has 1 aliphatic carbocycles. The van der Waals surface area contributed by atoms with Crippen LogP contribution in [0.3, 0.4) is 0 Å². The third kappa shape index (κ3) is 2.87. The number of nitrogens with one attached hydrogen (secondary N) is 1. The molecule has 21 heavy (non-hydrogen) atoms. The number of hydrogen-bond donors (Lipinski definition) is 1. The average Bonchev–Trinajstić information content (AvgIpc) is 2.91. The maximum atomic E-state index is 14.3. The average molecular weight is 322 g/mol. The van der Waals surface area contributed by atoms with E-state index >= 15 is 0 Å². The monoisotopic (exact) mass is 322 g/mol. The summed E-state index contributed by atoms with van der Waals surface area (Å²) in [5.74, 6) is 0.765. The van der Waals surface area contributed by atoms with Gasteiger partial charge in [0.15, 0.2) is 0 Å². The predicted molar refractivity (Wildman–Crippen MR) is 88.6 cm³/mol. The van der Waals surface area contributed by atoms with Crippen LogP contribution in [0.4, 0.5) is 4.39 Å². The molecule has 1 aliphatic rings. The second kappa shape index (κ2) is 6.46. The minimum absolute atomic E-state index is 0.166. The van der Waals surface area contributed by atoms with Gasteiger partial charge in [0.05, 0.1) is 17.3 Å². The van der Waals surface area contributed by atoms with Crippen molar-refractivity contribution in [3.63, 3.8) is 0 Å². The lowest BCUT2D eigenvalue weighted by molar-refractivity contribution is 0.490. The Balaban J connectivity index is 2.08.